The molecule has 0 aromatic heterocycles. The molecular weight excluding hydrogens is 460 g/mol. The first-order chi connectivity index (χ1) is 18.1. The van der Waals surface area contributed by atoms with Gasteiger partial charge in [-0.25, -0.2) is 0 Å². The van der Waals surface area contributed by atoms with Crippen LogP contribution < -0.4 is 5.32 Å². The van der Waals surface area contributed by atoms with E-state index in [4.69, 9.17) is 0 Å². The highest BCUT2D eigenvalue weighted by Crippen LogP contribution is 2.34. The number of benzene rings is 3. The third-order valence-electron chi connectivity index (χ3n) is 7.09. The van der Waals surface area contributed by atoms with E-state index in [1.54, 1.807) is 0 Å². The molecule has 6 nitrogen and oxygen atoms in total. The molecule has 0 saturated carbocycles. The minimum atomic E-state index is -0.200. The summed E-state index contributed by atoms with van der Waals surface area (Å²) in [6.07, 6.45) is 5.03. The van der Waals surface area contributed by atoms with Crippen LogP contribution in [0.25, 0.3) is 6.08 Å². The molecule has 1 atom stereocenters. The lowest BCUT2D eigenvalue weighted by molar-refractivity contribution is 0.0650. The van der Waals surface area contributed by atoms with Gasteiger partial charge in [0, 0.05) is 61.6 Å². The van der Waals surface area contributed by atoms with Crippen molar-refractivity contribution in [2.75, 3.05) is 44.6 Å². The predicted molar refractivity (Wildman–Crippen MR) is 148 cm³/mol. The summed E-state index contributed by atoms with van der Waals surface area (Å²) in [5, 5.41) is 3.51. The minimum absolute atomic E-state index is 0.0662. The van der Waals surface area contributed by atoms with Gasteiger partial charge in [0.05, 0.1) is 0 Å². The molecule has 6 heteroatoms. The molecule has 0 bridgehead atoms. The first kappa shape index (κ1) is 24.8. The molecule has 0 radical (unpaired) electrons. The van der Waals surface area contributed by atoms with Crippen molar-refractivity contribution in [1.29, 1.82) is 0 Å². The number of fused-ring (bicyclic) bond motifs is 1. The van der Waals surface area contributed by atoms with E-state index >= 15 is 0 Å². The van der Waals surface area contributed by atoms with Crippen molar-refractivity contribution in [2.24, 2.45) is 0 Å². The van der Waals surface area contributed by atoms with Gasteiger partial charge >= 0.3 is 0 Å². The van der Waals surface area contributed by atoms with Crippen molar-refractivity contribution in [1.82, 2.24) is 14.7 Å². The fraction of sp³-hybridized carbons (Fsp3) is 0.290. The Labute approximate surface area is 219 Å². The van der Waals surface area contributed by atoms with Crippen LogP contribution in [0.4, 0.5) is 5.69 Å². The lowest BCUT2D eigenvalue weighted by Gasteiger charge is -2.34. The fourth-order valence-corrected chi connectivity index (χ4v) is 5.08. The normalized spacial score (nSPS) is 17.9. The third kappa shape index (κ3) is 5.59. The molecule has 2 aliphatic rings. The van der Waals surface area contributed by atoms with Gasteiger partial charge in [-0.05, 0) is 42.3 Å². The average Bonchev–Trinajstić information content (AvgIpc) is 3.20. The van der Waals surface area contributed by atoms with Gasteiger partial charge in [-0.2, -0.15) is 0 Å². The number of nitrogens with one attached hydrogen (secondary N) is 1. The van der Waals surface area contributed by atoms with Crippen LogP contribution in [0.1, 0.15) is 51.4 Å². The molecule has 190 valence electrons. The standard InChI is InChI=1S/C31H34N4O2/c1-2-18-35-29(27-12-6-7-13-28(27)31(35)37)32-26-16-14-25(15-17-26)30(36)34-22-20-33(21-23-34)19-8-11-24-9-4-3-5-10-24/h3-17,29,32H,2,18-23H2,1H3/b11-8+. The fourth-order valence-electron chi connectivity index (χ4n) is 5.08. The largest absolute Gasteiger partial charge is 0.361 e. The number of carbonyl (C=O) groups is 2. The molecule has 3 aromatic carbocycles. The van der Waals surface area contributed by atoms with Gasteiger partial charge in [0.25, 0.3) is 11.8 Å². The Hall–Kier alpha value is -3.90. The Morgan fingerprint density at radius 1 is 0.919 bits per heavy atom. The Kier molecular flexibility index (Phi) is 7.66. The van der Waals surface area contributed by atoms with Gasteiger partial charge in [0.2, 0.25) is 0 Å². The van der Waals surface area contributed by atoms with E-state index in [0.29, 0.717) is 12.1 Å². The number of carbonyl (C=O) groups excluding carboxylic acids is 2. The van der Waals surface area contributed by atoms with Crippen molar-refractivity contribution in [2.45, 2.75) is 19.5 Å². The Bertz CT molecular complexity index is 1250. The van der Waals surface area contributed by atoms with Gasteiger partial charge in [0.1, 0.15) is 6.17 Å². The Balaban J connectivity index is 1.16. The Morgan fingerprint density at radius 3 is 2.35 bits per heavy atom. The van der Waals surface area contributed by atoms with E-state index in [1.807, 2.05) is 76.5 Å². The predicted octanol–water partition coefficient (Wildman–Crippen LogP) is 5.13. The van der Waals surface area contributed by atoms with Gasteiger partial charge in [-0.1, -0.05) is 67.6 Å². The summed E-state index contributed by atoms with van der Waals surface area (Å²) in [6, 6.07) is 25.7. The molecule has 1 saturated heterocycles. The molecule has 0 aliphatic carbocycles. The second-order valence-electron chi connectivity index (χ2n) is 9.62. The summed E-state index contributed by atoms with van der Waals surface area (Å²) >= 11 is 0. The van der Waals surface area contributed by atoms with Gasteiger partial charge in [-0.3, -0.25) is 14.5 Å². The highest BCUT2D eigenvalue weighted by atomic mass is 16.2. The first-order valence-corrected chi connectivity index (χ1v) is 13.1. The number of anilines is 1. The molecule has 2 aliphatic heterocycles. The van der Waals surface area contributed by atoms with Crippen LogP contribution in [-0.2, 0) is 0 Å². The second kappa shape index (κ2) is 11.4. The maximum Gasteiger partial charge on any atom is 0.256 e. The molecule has 1 N–H and O–H groups in total. The van der Waals surface area contributed by atoms with Crippen molar-refractivity contribution in [3.8, 4) is 0 Å². The van der Waals surface area contributed by atoms with E-state index in [2.05, 4.69) is 41.4 Å². The summed E-state index contributed by atoms with van der Waals surface area (Å²) in [7, 11) is 0. The number of amides is 2. The monoisotopic (exact) mass is 494 g/mol. The first-order valence-electron chi connectivity index (χ1n) is 13.1. The van der Waals surface area contributed by atoms with Crippen LogP contribution in [0.3, 0.4) is 0 Å². The van der Waals surface area contributed by atoms with Gasteiger partial charge in [-0.15, -0.1) is 0 Å². The average molecular weight is 495 g/mol. The minimum Gasteiger partial charge on any atom is -0.361 e. The lowest BCUT2D eigenvalue weighted by atomic mass is 10.1. The van der Waals surface area contributed by atoms with Crippen molar-refractivity contribution in [3.05, 3.63) is 107 Å². The molecule has 2 amide bonds. The van der Waals surface area contributed by atoms with E-state index in [1.165, 1.54) is 5.56 Å². The molecule has 2 heterocycles. The molecular formula is C31H34N4O2. The smallest absolute Gasteiger partial charge is 0.256 e. The van der Waals surface area contributed by atoms with Gasteiger partial charge in [0.15, 0.2) is 0 Å². The van der Waals surface area contributed by atoms with E-state index in [-0.39, 0.29) is 18.0 Å². The Morgan fingerprint density at radius 2 is 1.62 bits per heavy atom. The van der Waals surface area contributed by atoms with Crippen LogP contribution in [-0.4, -0.2) is 65.8 Å². The van der Waals surface area contributed by atoms with Crippen LogP contribution >= 0.6 is 0 Å². The molecule has 0 spiro atoms. The molecule has 1 unspecified atom stereocenters. The summed E-state index contributed by atoms with van der Waals surface area (Å²) in [5.41, 5.74) is 4.54. The molecule has 5 rings (SSSR count). The topological polar surface area (TPSA) is 55.9 Å². The number of hydrogen-bond acceptors (Lipinski definition) is 4. The number of rotatable bonds is 8. The quantitative estimate of drug-likeness (QED) is 0.472. The van der Waals surface area contributed by atoms with Crippen LogP contribution in [0.2, 0.25) is 0 Å². The van der Waals surface area contributed by atoms with Crippen molar-refractivity contribution < 1.29 is 9.59 Å². The number of hydrogen-bond donors (Lipinski definition) is 1. The number of nitrogens with zero attached hydrogens (tertiary/aromatic N) is 3. The maximum atomic E-state index is 13.1. The summed E-state index contributed by atoms with van der Waals surface area (Å²) < 4.78 is 0. The highest BCUT2D eigenvalue weighted by Gasteiger charge is 2.35. The van der Waals surface area contributed by atoms with E-state index in [0.717, 1.165) is 56.0 Å². The number of piperazine rings is 1. The zero-order valence-corrected chi connectivity index (χ0v) is 21.3. The molecule has 1 fully saturated rings. The van der Waals surface area contributed by atoms with E-state index in [9.17, 15) is 9.59 Å². The SMILES string of the molecule is CCCN1C(=O)c2ccccc2C1Nc1ccc(C(=O)N2CCN(C/C=C/c3ccccc3)CC2)cc1. The van der Waals surface area contributed by atoms with Crippen molar-refractivity contribution in [3.63, 3.8) is 0 Å². The lowest BCUT2D eigenvalue weighted by Crippen LogP contribution is -2.48. The van der Waals surface area contributed by atoms with Crippen molar-refractivity contribution >= 4 is 23.6 Å². The molecule has 37 heavy (non-hydrogen) atoms. The summed E-state index contributed by atoms with van der Waals surface area (Å²) in [6.45, 7) is 6.85. The highest BCUT2D eigenvalue weighted by molar-refractivity contribution is 5.99. The van der Waals surface area contributed by atoms with E-state index < -0.39 is 0 Å². The third-order valence-corrected chi connectivity index (χ3v) is 7.09. The van der Waals surface area contributed by atoms with Crippen LogP contribution in [0, 0.1) is 0 Å². The summed E-state index contributed by atoms with van der Waals surface area (Å²) in [4.78, 5) is 32.2. The molecule has 3 aromatic rings. The van der Waals surface area contributed by atoms with Gasteiger partial charge < -0.3 is 15.1 Å². The maximum absolute atomic E-state index is 13.1. The summed E-state index contributed by atoms with van der Waals surface area (Å²) in [5.74, 6) is 0.136. The van der Waals surface area contributed by atoms with Crippen LogP contribution in [0.5, 0.6) is 0 Å². The zero-order chi connectivity index (χ0) is 25.6. The second-order valence-corrected chi connectivity index (χ2v) is 9.62. The van der Waals surface area contributed by atoms with Crippen LogP contribution in [0.15, 0.2) is 84.9 Å². The zero-order valence-electron chi connectivity index (χ0n) is 21.3.